The summed E-state index contributed by atoms with van der Waals surface area (Å²) in [5.74, 6) is 1.13. The van der Waals surface area contributed by atoms with Gasteiger partial charge in [0.05, 0.1) is 11.7 Å². The first kappa shape index (κ1) is 19.7. The molecule has 5 rings (SSSR count). The van der Waals surface area contributed by atoms with Gasteiger partial charge in [-0.3, -0.25) is 4.79 Å². The van der Waals surface area contributed by atoms with Crippen molar-refractivity contribution in [2.24, 2.45) is 5.92 Å². The van der Waals surface area contributed by atoms with Gasteiger partial charge in [-0.25, -0.2) is 8.42 Å². The number of aryl methyl sites for hydroxylation is 1. The van der Waals surface area contributed by atoms with Crippen molar-refractivity contribution in [3.8, 4) is 11.4 Å². The molecule has 3 fully saturated rings. The molecule has 7 nitrogen and oxygen atoms in total. The predicted molar refractivity (Wildman–Crippen MR) is 112 cm³/mol. The van der Waals surface area contributed by atoms with Crippen LogP contribution in [0.3, 0.4) is 0 Å². The van der Waals surface area contributed by atoms with Gasteiger partial charge in [0.15, 0.2) is 9.84 Å². The Morgan fingerprint density at radius 2 is 2.00 bits per heavy atom. The highest BCUT2D eigenvalue weighted by atomic mass is 32.2. The number of aromatic nitrogens is 2. The van der Waals surface area contributed by atoms with Crippen LogP contribution < -0.4 is 0 Å². The first-order chi connectivity index (χ1) is 14.4. The maximum Gasteiger partial charge on any atom is 0.231 e. The summed E-state index contributed by atoms with van der Waals surface area (Å²) in [5.41, 5.74) is 1.94. The average molecular weight is 430 g/mol. The van der Waals surface area contributed by atoms with Gasteiger partial charge in [-0.05, 0) is 38.2 Å². The first-order valence-electron chi connectivity index (χ1n) is 10.8. The van der Waals surface area contributed by atoms with E-state index in [1.165, 1.54) is 12.8 Å². The minimum absolute atomic E-state index is 0.0827. The molecule has 1 amide bonds. The minimum atomic E-state index is -3.32. The number of carbonyl (C=O) groups excluding carboxylic acids is 1. The SMILES string of the molecule is Cc1cccc(-c2noc(C3CCS(=O)(=O)C34CN(C(=O)CC3CCCC3)C4)n2)c1. The lowest BCUT2D eigenvalue weighted by Crippen LogP contribution is -2.67. The molecule has 1 saturated carbocycles. The topological polar surface area (TPSA) is 93.4 Å². The Bertz CT molecular complexity index is 1070. The maximum absolute atomic E-state index is 13.0. The van der Waals surface area contributed by atoms with E-state index in [0.717, 1.165) is 24.0 Å². The van der Waals surface area contributed by atoms with Gasteiger partial charge in [0, 0.05) is 25.1 Å². The molecular weight excluding hydrogens is 402 g/mol. The van der Waals surface area contributed by atoms with Gasteiger partial charge in [-0.2, -0.15) is 4.98 Å². The van der Waals surface area contributed by atoms with Gasteiger partial charge >= 0.3 is 0 Å². The fourth-order valence-corrected chi connectivity index (χ4v) is 7.68. The summed E-state index contributed by atoms with van der Waals surface area (Å²) >= 11 is 0. The molecule has 2 aliphatic heterocycles. The number of sulfone groups is 1. The lowest BCUT2D eigenvalue weighted by Gasteiger charge is -2.49. The maximum atomic E-state index is 13.0. The molecule has 1 aromatic carbocycles. The second-order valence-corrected chi connectivity index (χ2v) is 11.6. The molecular formula is C22H27N3O4S. The van der Waals surface area contributed by atoms with Crippen molar-refractivity contribution in [2.75, 3.05) is 18.8 Å². The van der Waals surface area contributed by atoms with Gasteiger partial charge in [0.25, 0.3) is 0 Å². The van der Waals surface area contributed by atoms with Gasteiger partial charge in [0.1, 0.15) is 4.75 Å². The van der Waals surface area contributed by atoms with Crippen molar-refractivity contribution in [3.05, 3.63) is 35.7 Å². The van der Waals surface area contributed by atoms with Crippen molar-refractivity contribution in [3.63, 3.8) is 0 Å². The van der Waals surface area contributed by atoms with Crippen molar-refractivity contribution in [2.45, 2.75) is 56.1 Å². The summed E-state index contributed by atoms with van der Waals surface area (Å²) in [4.78, 5) is 18.9. The Morgan fingerprint density at radius 3 is 2.73 bits per heavy atom. The fraction of sp³-hybridized carbons (Fsp3) is 0.591. The highest BCUT2D eigenvalue weighted by molar-refractivity contribution is 7.93. The fourth-order valence-electron chi connectivity index (χ4n) is 5.37. The monoisotopic (exact) mass is 429 g/mol. The van der Waals surface area contributed by atoms with Gasteiger partial charge < -0.3 is 9.42 Å². The Labute approximate surface area is 176 Å². The summed E-state index contributed by atoms with van der Waals surface area (Å²) in [6.45, 7) is 2.48. The van der Waals surface area contributed by atoms with Crippen LogP contribution in [0.2, 0.25) is 0 Å². The van der Waals surface area contributed by atoms with Crippen molar-refractivity contribution >= 4 is 15.7 Å². The summed E-state index contributed by atoms with van der Waals surface area (Å²) in [6, 6.07) is 7.81. The molecule has 3 heterocycles. The van der Waals surface area contributed by atoms with E-state index >= 15 is 0 Å². The Hall–Kier alpha value is -2.22. The number of benzene rings is 1. The van der Waals surface area contributed by atoms with Crippen LogP contribution in [0.5, 0.6) is 0 Å². The quantitative estimate of drug-likeness (QED) is 0.741. The lowest BCUT2D eigenvalue weighted by atomic mass is 9.82. The van der Waals surface area contributed by atoms with Gasteiger partial charge in [-0.1, -0.05) is 41.8 Å². The van der Waals surface area contributed by atoms with Gasteiger partial charge in [-0.15, -0.1) is 0 Å². The van der Waals surface area contributed by atoms with E-state index in [2.05, 4.69) is 10.1 Å². The number of nitrogens with zero attached hydrogens (tertiary/aromatic N) is 3. The van der Waals surface area contributed by atoms with E-state index < -0.39 is 14.6 Å². The molecule has 1 aliphatic carbocycles. The van der Waals surface area contributed by atoms with Crippen LogP contribution in [-0.2, 0) is 14.6 Å². The van der Waals surface area contributed by atoms with Crippen LogP contribution in [0.25, 0.3) is 11.4 Å². The van der Waals surface area contributed by atoms with E-state index in [1.54, 1.807) is 4.90 Å². The second kappa shape index (κ2) is 7.18. The third-order valence-corrected chi connectivity index (χ3v) is 9.71. The highest BCUT2D eigenvalue weighted by Crippen LogP contribution is 2.50. The molecule has 1 atom stereocenters. The van der Waals surface area contributed by atoms with Crippen LogP contribution >= 0.6 is 0 Å². The zero-order valence-electron chi connectivity index (χ0n) is 17.2. The van der Waals surface area contributed by atoms with E-state index in [9.17, 15) is 13.2 Å². The summed E-state index contributed by atoms with van der Waals surface area (Å²) < 4.78 is 30.5. The third-order valence-electron chi connectivity index (χ3n) is 7.15. The number of hydrogen-bond acceptors (Lipinski definition) is 6. The largest absolute Gasteiger partial charge is 0.339 e. The zero-order valence-corrected chi connectivity index (χ0v) is 18.0. The summed E-state index contributed by atoms with van der Waals surface area (Å²) in [6.07, 6.45) is 5.60. The van der Waals surface area contributed by atoms with Gasteiger partial charge in [0.2, 0.25) is 17.6 Å². The second-order valence-electron chi connectivity index (χ2n) is 9.16. The molecule has 8 heteroatoms. The standard InChI is InChI=1S/C22H27N3O4S/c1-15-5-4-8-17(11-15)20-23-21(29-24-20)18-9-10-30(27,28)22(18)13-25(14-22)19(26)12-16-6-2-3-7-16/h4-5,8,11,16,18H,2-3,6-7,9-10,12-14H2,1H3. The first-order valence-corrected chi connectivity index (χ1v) is 12.4. The van der Waals surface area contributed by atoms with E-state index in [0.29, 0.717) is 30.5 Å². The highest BCUT2D eigenvalue weighted by Gasteiger charge is 2.64. The molecule has 160 valence electrons. The summed E-state index contributed by atoms with van der Waals surface area (Å²) in [5, 5.41) is 4.10. The predicted octanol–water partition coefficient (Wildman–Crippen LogP) is 3.11. The van der Waals surface area contributed by atoms with Crippen LogP contribution in [0.15, 0.2) is 28.8 Å². The van der Waals surface area contributed by atoms with Crippen LogP contribution in [-0.4, -0.2) is 53.0 Å². The van der Waals surface area contributed by atoms with E-state index in [1.807, 2.05) is 31.2 Å². The van der Waals surface area contributed by atoms with Crippen molar-refractivity contribution in [1.29, 1.82) is 0 Å². The number of rotatable bonds is 4. The molecule has 2 aromatic rings. The lowest BCUT2D eigenvalue weighted by molar-refractivity contribution is -0.137. The third kappa shape index (κ3) is 3.16. The number of carbonyl (C=O) groups is 1. The number of likely N-dealkylation sites (tertiary alicyclic amines) is 1. The summed E-state index contributed by atoms with van der Waals surface area (Å²) in [7, 11) is -3.32. The van der Waals surface area contributed by atoms with Crippen LogP contribution in [0, 0.1) is 12.8 Å². The van der Waals surface area contributed by atoms with Crippen LogP contribution in [0.1, 0.15) is 55.9 Å². The Morgan fingerprint density at radius 1 is 1.23 bits per heavy atom. The Kier molecular flexibility index (Phi) is 4.72. The number of hydrogen-bond donors (Lipinski definition) is 0. The van der Waals surface area contributed by atoms with E-state index in [4.69, 9.17) is 4.52 Å². The molecule has 0 bridgehead atoms. The number of amides is 1. The molecule has 1 aromatic heterocycles. The zero-order chi connectivity index (χ0) is 20.9. The Balaban J connectivity index is 1.35. The van der Waals surface area contributed by atoms with Crippen molar-refractivity contribution in [1.82, 2.24) is 15.0 Å². The average Bonchev–Trinajstić information content (AvgIpc) is 3.39. The van der Waals surface area contributed by atoms with Crippen LogP contribution in [0.4, 0.5) is 0 Å². The molecule has 1 unspecified atom stereocenters. The molecule has 3 aliphatic rings. The normalized spacial score (nSPS) is 25.0. The van der Waals surface area contributed by atoms with E-state index in [-0.39, 0.29) is 30.7 Å². The van der Waals surface area contributed by atoms with Crippen molar-refractivity contribution < 1.29 is 17.7 Å². The molecule has 2 saturated heterocycles. The molecule has 0 radical (unpaired) electrons. The molecule has 1 spiro atoms. The smallest absolute Gasteiger partial charge is 0.231 e. The molecule has 30 heavy (non-hydrogen) atoms. The molecule has 0 N–H and O–H groups in total. The minimum Gasteiger partial charge on any atom is -0.339 e.